The highest BCUT2D eigenvalue weighted by Gasteiger charge is 2.14. The Morgan fingerprint density at radius 2 is 1.50 bits per heavy atom. The first-order valence-electron chi connectivity index (χ1n) is 8.31. The minimum Gasteiger partial charge on any atom is -0.350 e. The number of carbonyl (C=O) groups excluding carboxylic acids is 2. The zero-order valence-electron chi connectivity index (χ0n) is 14.3. The van der Waals surface area contributed by atoms with E-state index in [0.717, 1.165) is 0 Å². The number of nitrogens with one attached hydrogen (secondary N) is 3. The maximum atomic E-state index is 12.4. The van der Waals surface area contributed by atoms with Gasteiger partial charge in [0.05, 0.1) is 0 Å². The summed E-state index contributed by atoms with van der Waals surface area (Å²) in [5.74, 6) is -0.575. The Labute approximate surface area is 150 Å². The molecule has 2 amide bonds. The maximum Gasteiger partial charge on any atom is 0.268 e. The average Bonchev–Trinajstić information content (AvgIpc) is 2.68. The summed E-state index contributed by atoms with van der Waals surface area (Å²) in [6, 6.07) is 15.9. The van der Waals surface area contributed by atoms with Crippen molar-refractivity contribution in [2.75, 3.05) is 13.1 Å². The number of para-hydroxylation sites is 1. The number of carbonyl (C=O) groups is 2. The van der Waals surface area contributed by atoms with Gasteiger partial charge >= 0.3 is 0 Å². The van der Waals surface area contributed by atoms with E-state index in [1.54, 1.807) is 55.5 Å². The normalized spacial score (nSPS) is 10.5. The molecule has 0 aliphatic carbocycles. The lowest BCUT2D eigenvalue weighted by atomic mass is 10.1. The zero-order valence-corrected chi connectivity index (χ0v) is 14.3. The molecular formula is C20H19N3O3. The Hall–Kier alpha value is -3.41. The van der Waals surface area contributed by atoms with Crippen LogP contribution in [0.2, 0.25) is 0 Å². The minimum absolute atomic E-state index is 0.165. The van der Waals surface area contributed by atoms with E-state index >= 15 is 0 Å². The van der Waals surface area contributed by atoms with Gasteiger partial charge in [-0.15, -0.1) is 0 Å². The summed E-state index contributed by atoms with van der Waals surface area (Å²) >= 11 is 0. The highest BCUT2D eigenvalue weighted by molar-refractivity contribution is 5.96. The third kappa shape index (κ3) is 3.64. The van der Waals surface area contributed by atoms with E-state index in [0.29, 0.717) is 22.0 Å². The van der Waals surface area contributed by atoms with Crippen LogP contribution >= 0.6 is 0 Å². The van der Waals surface area contributed by atoms with Crippen LogP contribution in [-0.4, -0.2) is 29.9 Å². The van der Waals surface area contributed by atoms with Gasteiger partial charge in [-0.2, -0.15) is 0 Å². The Morgan fingerprint density at radius 1 is 0.885 bits per heavy atom. The van der Waals surface area contributed by atoms with Crippen molar-refractivity contribution in [3.8, 4) is 0 Å². The third-order valence-corrected chi connectivity index (χ3v) is 4.11. The topological polar surface area (TPSA) is 91.1 Å². The molecule has 0 spiro atoms. The molecule has 0 radical (unpaired) electrons. The van der Waals surface area contributed by atoms with E-state index in [9.17, 15) is 14.4 Å². The smallest absolute Gasteiger partial charge is 0.268 e. The maximum absolute atomic E-state index is 12.4. The van der Waals surface area contributed by atoms with E-state index in [1.165, 1.54) is 0 Å². The molecule has 26 heavy (non-hydrogen) atoms. The predicted octanol–water partition coefficient (Wildman–Crippen LogP) is 2.00. The molecule has 0 unspecified atom stereocenters. The molecule has 3 rings (SSSR count). The number of hydrogen-bond acceptors (Lipinski definition) is 3. The fourth-order valence-corrected chi connectivity index (χ4v) is 2.69. The van der Waals surface area contributed by atoms with Crippen LogP contribution in [0.5, 0.6) is 0 Å². The van der Waals surface area contributed by atoms with Crippen molar-refractivity contribution in [1.82, 2.24) is 15.6 Å². The molecule has 132 valence electrons. The van der Waals surface area contributed by atoms with Gasteiger partial charge in [0, 0.05) is 35.1 Å². The SMILES string of the molecule is Cc1c(C(=O)NCCNC(=O)c2ccccc2)[nH]c2ccccc2c1=O. The van der Waals surface area contributed by atoms with Crippen LogP contribution in [0.1, 0.15) is 26.4 Å². The third-order valence-electron chi connectivity index (χ3n) is 4.11. The fourth-order valence-electron chi connectivity index (χ4n) is 2.69. The number of rotatable bonds is 5. The molecular weight excluding hydrogens is 330 g/mol. The molecule has 0 saturated heterocycles. The molecule has 0 bridgehead atoms. The summed E-state index contributed by atoms with van der Waals surface area (Å²) < 4.78 is 0. The second kappa shape index (κ2) is 7.65. The quantitative estimate of drug-likeness (QED) is 0.615. The van der Waals surface area contributed by atoms with Gasteiger partial charge in [-0.25, -0.2) is 0 Å². The molecule has 0 aliphatic rings. The summed E-state index contributed by atoms with van der Waals surface area (Å²) in [6.07, 6.45) is 0. The summed E-state index contributed by atoms with van der Waals surface area (Å²) in [6.45, 7) is 2.17. The summed E-state index contributed by atoms with van der Waals surface area (Å²) in [4.78, 5) is 39.7. The van der Waals surface area contributed by atoms with Gasteiger partial charge in [0.2, 0.25) is 0 Å². The Morgan fingerprint density at radius 3 is 2.23 bits per heavy atom. The van der Waals surface area contributed by atoms with E-state index in [1.807, 2.05) is 6.07 Å². The van der Waals surface area contributed by atoms with E-state index in [2.05, 4.69) is 15.6 Å². The number of hydrogen-bond donors (Lipinski definition) is 3. The first kappa shape index (κ1) is 17.4. The number of H-pyrrole nitrogens is 1. The molecule has 0 aliphatic heterocycles. The standard InChI is InChI=1S/C20H19N3O3/c1-13-17(23-16-10-6-5-9-15(16)18(13)24)20(26)22-12-11-21-19(25)14-7-3-2-4-8-14/h2-10H,11-12H2,1H3,(H,21,25)(H,22,26)(H,23,24). The van der Waals surface area contributed by atoms with Gasteiger partial charge in [0.1, 0.15) is 5.69 Å². The lowest BCUT2D eigenvalue weighted by molar-refractivity contribution is 0.0925. The first-order chi connectivity index (χ1) is 12.6. The predicted molar refractivity (Wildman–Crippen MR) is 100 cm³/mol. The molecule has 6 heteroatoms. The first-order valence-corrected chi connectivity index (χ1v) is 8.31. The molecule has 3 aromatic rings. The number of aromatic amines is 1. The lowest BCUT2D eigenvalue weighted by Crippen LogP contribution is -2.35. The molecule has 0 atom stereocenters. The van der Waals surface area contributed by atoms with Crippen molar-refractivity contribution in [2.45, 2.75) is 6.92 Å². The Balaban J connectivity index is 1.62. The van der Waals surface area contributed by atoms with Crippen LogP contribution in [0, 0.1) is 6.92 Å². The van der Waals surface area contributed by atoms with Crippen LogP contribution in [-0.2, 0) is 0 Å². The van der Waals surface area contributed by atoms with Crippen molar-refractivity contribution >= 4 is 22.7 Å². The Kier molecular flexibility index (Phi) is 5.12. The van der Waals surface area contributed by atoms with Crippen molar-refractivity contribution in [1.29, 1.82) is 0 Å². The number of aromatic nitrogens is 1. The van der Waals surface area contributed by atoms with Crippen molar-refractivity contribution < 1.29 is 9.59 Å². The molecule has 0 fully saturated rings. The van der Waals surface area contributed by atoms with Crippen LogP contribution in [0.4, 0.5) is 0 Å². The highest BCUT2D eigenvalue weighted by Crippen LogP contribution is 2.10. The number of amides is 2. The van der Waals surface area contributed by atoms with Crippen molar-refractivity contribution in [3.63, 3.8) is 0 Å². The van der Waals surface area contributed by atoms with Crippen LogP contribution in [0.15, 0.2) is 59.4 Å². The molecule has 2 aromatic carbocycles. The van der Waals surface area contributed by atoms with Crippen LogP contribution in [0.25, 0.3) is 10.9 Å². The largest absolute Gasteiger partial charge is 0.350 e. The molecule has 1 aromatic heterocycles. The molecule has 0 saturated carbocycles. The van der Waals surface area contributed by atoms with Crippen molar-refractivity contribution in [3.05, 3.63) is 81.6 Å². The molecule has 3 N–H and O–H groups in total. The summed E-state index contributed by atoms with van der Waals surface area (Å²) in [7, 11) is 0. The minimum atomic E-state index is -0.376. The number of pyridine rings is 1. The fraction of sp³-hybridized carbons (Fsp3) is 0.150. The molecule has 1 heterocycles. The van der Waals surface area contributed by atoms with Crippen molar-refractivity contribution in [2.24, 2.45) is 0 Å². The van der Waals surface area contributed by atoms with Gasteiger partial charge in [0.15, 0.2) is 5.43 Å². The van der Waals surface area contributed by atoms with Gasteiger partial charge < -0.3 is 15.6 Å². The number of benzene rings is 2. The summed E-state index contributed by atoms with van der Waals surface area (Å²) in [5, 5.41) is 6.00. The van der Waals surface area contributed by atoms with Gasteiger partial charge in [0.25, 0.3) is 11.8 Å². The van der Waals surface area contributed by atoms with E-state index in [4.69, 9.17) is 0 Å². The van der Waals surface area contributed by atoms with Crippen LogP contribution < -0.4 is 16.1 Å². The Bertz CT molecular complexity index is 1010. The second-order valence-electron chi connectivity index (χ2n) is 5.88. The van der Waals surface area contributed by atoms with Gasteiger partial charge in [-0.1, -0.05) is 30.3 Å². The monoisotopic (exact) mass is 349 g/mol. The van der Waals surface area contributed by atoms with Gasteiger partial charge in [-0.3, -0.25) is 14.4 Å². The van der Waals surface area contributed by atoms with Crippen LogP contribution in [0.3, 0.4) is 0 Å². The lowest BCUT2D eigenvalue weighted by Gasteiger charge is -2.10. The average molecular weight is 349 g/mol. The summed E-state index contributed by atoms with van der Waals surface area (Å²) in [5.41, 5.74) is 1.62. The number of fused-ring (bicyclic) bond motifs is 1. The highest BCUT2D eigenvalue weighted by atomic mass is 16.2. The van der Waals surface area contributed by atoms with E-state index in [-0.39, 0.29) is 36.0 Å². The van der Waals surface area contributed by atoms with E-state index < -0.39 is 0 Å². The van der Waals surface area contributed by atoms with Gasteiger partial charge in [-0.05, 0) is 31.2 Å². The second-order valence-corrected chi connectivity index (χ2v) is 5.88. The zero-order chi connectivity index (χ0) is 18.5. The molecule has 6 nitrogen and oxygen atoms in total.